The second-order valence-corrected chi connectivity index (χ2v) is 6.12. The molecule has 0 aliphatic heterocycles. The van der Waals surface area contributed by atoms with Gasteiger partial charge in [0.05, 0.1) is 12.2 Å². The van der Waals surface area contributed by atoms with E-state index < -0.39 is 0 Å². The Balaban J connectivity index is 1.92. The zero-order valence-electron chi connectivity index (χ0n) is 14.4. The Labute approximate surface area is 147 Å². The van der Waals surface area contributed by atoms with Crippen molar-refractivity contribution in [3.05, 3.63) is 60.7 Å². The normalized spacial score (nSPS) is 10.8. The SMILES string of the molecule is CC(C)NCC(=O)Nc1nc(-c2ccccc2)[nH]c1-c1ccccc1. The molecular formula is C20H22N4O. The third kappa shape index (κ3) is 4.33. The quantitative estimate of drug-likeness (QED) is 0.644. The van der Waals surface area contributed by atoms with E-state index in [1.165, 1.54) is 0 Å². The van der Waals surface area contributed by atoms with Gasteiger partial charge >= 0.3 is 0 Å². The number of nitrogens with one attached hydrogen (secondary N) is 3. The number of hydrogen-bond donors (Lipinski definition) is 3. The molecule has 5 nitrogen and oxygen atoms in total. The van der Waals surface area contributed by atoms with E-state index in [4.69, 9.17) is 0 Å². The van der Waals surface area contributed by atoms with Gasteiger partial charge in [0.2, 0.25) is 5.91 Å². The van der Waals surface area contributed by atoms with Crippen molar-refractivity contribution in [2.75, 3.05) is 11.9 Å². The van der Waals surface area contributed by atoms with Gasteiger partial charge in [-0.05, 0) is 0 Å². The molecule has 0 spiro atoms. The van der Waals surface area contributed by atoms with Gasteiger partial charge in [-0.3, -0.25) is 4.79 Å². The maximum atomic E-state index is 12.2. The van der Waals surface area contributed by atoms with Crippen molar-refractivity contribution >= 4 is 11.7 Å². The van der Waals surface area contributed by atoms with Crippen LogP contribution in [0.4, 0.5) is 5.82 Å². The van der Waals surface area contributed by atoms with Crippen molar-refractivity contribution in [2.24, 2.45) is 0 Å². The maximum Gasteiger partial charge on any atom is 0.239 e. The number of carbonyl (C=O) groups is 1. The van der Waals surface area contributed by atoms with Crippen LogP contribution in [0, 0.1) is 0 Å². The van der Waals surface area contributed by atoms with Gasteiger partial charge in [-0.2, -0.15) is 0 Å². The van der Waals surface area contributed by atoms with Gasteiger partial charge < -0.3 is 15.6 Å². The Bertz CT molecular complexity index is 825. The first kappa shape index (κ1) is 16.9. The topological polar surface area (TPSA) is 69.8 Å². The van der Waals surface area contributed by atoms with Gasteiger partial charge in [0.25, 0.3) is 0 Å². The lowest BCUT2D eigenvalue weighted by Gasteiger charge is -2.08. The van der Waals surface area contributed by atoms with Gasteiger partial charge in [0.15, 0.2) is 5.82 Å². The molecule has 0 aliphatic carbocycles. The number of hydrogen-bond acceptors (Lipinski definition) is 3. The number of imidazole rings is 1. The molecule has 0 saturated heterocycles. The Hall–Kier alpha value is -2.92. The van der Waals surface area contributed by atoms with E-state index in [1.807, 2.05) is 74.5 Å². The van der Waals surface area contributed by atoms with Crippen LogP contribution in [0.5, 0.6) is 0 Å². The highest BCUT2D eigenvalue weighted by molar-refractivity contribution is 5.95. The fraction of sp³-hybridized carbons (Fsp3) is 0.200. The van der Waals surface area contributed by atoms with E-state index in [1.54, 1.807) is 0 Å². The third-order valence-corrected chi connectivity index (χ3v) is 3.74. The Morgan fingerprint density at radius 3 is 2.20 bits per heavy atom. The Morgan fingerprint density at radius 2 is 1.60 bits per heavy atom. The lowest BCUT2D eigenvalue weighted by Crippen LogP contribution is -2.32. The number of H-pyrrole nitrogens is 1. The average Bonchev–Trinajstić information content (AvgIpc) is 3.05. The van der Waals surface area contributed by atoms with Gasteiger partial charge in [-0.25, -0.2) is 4.98 Å². The molecule has 0 aliphatic rings. The average molecular weight is 334 g/mol. The van der Waals surface area contributed by atoms with E-state index in [0.717, 1.165) is 22.6 Å². The van der Waals surface area contributed by atoms with Crippen molar-refractivity contribution < 1.29 is 4.79 Å². The summed E-state index contributed by atoms with van der Waals surface area (Å²) < 4.78 is 0. The second kappa shape index (κ2) is 7.77. The van der Waals surface area contributed by atoms with E-state index in [2.05, 4.69) is 20.6 Å². The molecular weight excluding hydrogens is 312 g/mol. The van der Waals surface area contributed by atoms with E-state index in [0.29, 0.717) is 5.82 Å². The summed E-state index contributed by atoms with van der Waals surface area (Å²) >= 11 is 0. The number of carbonyl (C=O) groups excluding carboxylic acids is 1. The van der Waals surface area contributed by atoms with Crippen LogP contribution in [0.3, 0.4) is 0 Å². The van der Waals surface area contributed by atoms with Crippen LogP contribution in [0.25, 0.3) is 22.6 Å². The lowest BCUT2D eigenvalue weighted by atomic mass is 10.1. The summed E-state index contributed by atoms with van der Waals surface area (Å²) in [5, 5.41) is 6.02. The van der Waals surface area contributed by atoms with Gasteiger partial charge in [-0.1, -0.05) is 74.5 Å². The zero-order valence-corrected chi connectivity index (χ0v) is 14.4. The summed E-state index contributed by atoms with van der Waals surface area (Å²) in [4.78, 5) is 20.2. The van der Waals surface area contributed by atoms with Crippen LogP contribution in [0.2, 0.25) is 0 Å². The van der Waals surface area contributed by atoms with Crippen LogP contribution >= 0.6 is 0 Å². The van der Waals surface area contributed by atoms with Crippen molar-refractivity contribution in [3.63, 3.8) is 0 Å². The number of benzene rings is 2. The summed E-state index contributed by atoms with van der Waals surface area (Å²) in [6, 6.07) is 20.0. The first-order chi connectivity index (χ1) is 12.1. The molecule has 128 valence electrons. The minimum Gasteiger partial charge on any atom is -0.336 e. The molecule has 3 N–H and O–H groups in total. The van der Waals surface area contributed by atoms with Crippen molar-refractivity contribution in [3.8, 4) is 22.6 Å². The number of amides is 1. The van der Waals surface area contributed by atoms with Crippen LogP contribution in [0.15, 0.2) is 60.7 Å². The molecule has 0 atom stereocenters. The summed E-state index contributed by atoms with van der Waals surface area (Å²) in [7, 11) is 0. The molecule has 25 heavy (non-hydrogen) atoms. The predicted molar refractivity (Wildman–Crippen MR) is 101 cm³/mol. The molecule has 2 aromatic carbocycles. The Morgan fingerprint density at radius 1 is 1.00 bits per heavy atom. The van der Waals surface area contributed by atoms with Crippen LogP contribution in [0.1, 0.15) is 13.8 Å². The molecule has 0 fully saturated rings. The van der Waals surface area contributed by atoms with Gasteiger partial charge in [0.1, 0.15) is 5.82 Å². The van der Waals surface area contributed by atoms with Crippen LogP contribution in [-0.2, 0) is 4.79 Å². The first-order valence-electron chi connectivity index (χ1n) is 8.37. The van der Waals surface area contributed by atoms with Gasteiger partial charge in [0, 0.05) is 17.2 Å². The molecule has 1 heterocycles. The van der Waals surface area contributed by atoms with Crippen LogP contribution in [-0.4, -0.2) is 28.5 Å². The second-order valence-electron chi connectivity index (χ2n) is 6.12. The smallest absolute Gasteiger partial charge is 0.239 e. The molecule has 0 radical (unpaired) electrons. The fourth-order valence-corrected chi connectivity index (χ4v) is 2.48. The van der Waals surface area contributed by atoms with Crippen LogP contribution < -0.4 is 10.6 Å². The highest BCUT2D eigenvalue weighted by atomic mass is 16.2. The lowest BCUT2D eigenvalue weighted by molar-refractivity contribution is -0.115. The van der Waals surface area contributed by atoms with E-state index in [-0.39, 0.29) is 18.5 Å². The summed E-state index contributed by atoms with van der Waals surface area (Å²) in [6.07, 6.45) is 0. The third-order valence-electron chi connectivity index (χ3n) is 3.74. The maximum absolute atomic E-state index is 12.2. The molecule has 3 rings (SSSR count). The minimum absolute atomic E-state index is 0.114. The number of anilines is 1. The number of nitrogens with zero attached hydrogens (tertiary/aromatic N) is 1. The summed E-state index contributed by atoms with van der Waals surface area (Å²) in [5.41, 5.74) is 2.75. The highest BCUT2D eigenvalue weighted by Crippen LogP contribution is 2.29. The van der Waals surface area contributed by atoms with Crippen molar-refractivity contribution in [2.45, 2.75) is 19.9 Å². The molecule has 5 heteroatoms. The molecule has 0 unspecified atom stereocenters. The molecule has 3 aromatic rings. The summed E-state index contributed by atoms with van der Waals surface area (Å²) in [6.45, 7) is 4.26. The molecule has 1 amide bonds. The minimum atomic E-state index is -0.114. The first-order valence-corrected chi connectivity index (χ1v) is 8.37. The monoisotopic (exact) mass is 334 g/mol. The summed E-state index contributed by atoms with van der Waals surface area (Å²) in [5.74, 6) is 1.16. The predicted octanol–water partition coefficient (Wildman–Crippen LogP) is 3.68. The number of rotatable bonds is 6. The fourth-order valence-electron chi connectivity index (χ4n) is 2.48. The highest BCUT2D eigenvalue weighted by Gasteiger charge is 2.15. The molecule has 0 bridgehead atoms. The van der Waals surface area contributed by atoms with E-state index in [9.17, 15) is 4.79 Å². The molecule has 1 aromatic heterocycles. The van der Waals surface area contributed by atoms with Crippen molar-refractivity contribution in [1.29, 1.82) is 0 Å². The zero-order chi connectivity index (χ0) is 17.6. The van der Waals surface area contributed by atoms with Gasteiger partial charge in [-0.15, -0.1) is 0 Å². The van der Waals surface area contributed by atoms with E-state index >= 15 is 0 Å². The Kier molecular flexibility index (Phi) is 5.26. The van der Waals surface area contributed by atoms with Crippen molar-refractivity contribution in [1.82, 2.24) is 15.3 Å². The largest absolute Gasteiger partial charge is 0.336 e. The standard InChI is InChI=1S/C20H22N4O/c1-14(2)21-13-17(25)22-20-18(15-9-5-3-6-10-15)23-19(24-20)16-11-7-4-8-12-16/h3-12,14,21H,13H2,1-2H3,(H,22,25)(H,23,24). The number of aromatic nitrogens is 2. The number of aromatic amines is 1. The molecule has 0 saturated carbocycles.